The average Bonchev–Trinajstić information content (AvgIpc) is 1.65. The molecule has 0 heterocycles. The summed E-state index contributed by atoms with van der Waals surface area (Å²) in [6, 6.07) is 0. The van der Waals surface area contributed by atoms with Crippen molar-refractivity contribution >= 4 is 5.97 Å². The van der Waals surface area contributed by atoms with Gasteiger partial charge in [0.25, 0.3) is 0 Å². The molecule has 0 radical (unpaired) electrons. The molecule has 56 valence electrons. The average molecular weight is 221 g/mol. The van der Waals surface area contributed by atoms with Crippen molar-refractivity contribution in [3.8, 4) is 0 Å². The van der Waals surface area contributed by atoms with Crippen LogP contribution in [0.25, 0.3) is 0 Å². The second-order valence-corrected chi connectivity index (χ2v) is 2.11. The number of carbonyl (C=O) groups is 1. The predicted octanol–water partition coefficient (Wildman–Crippen LogP) is 0.284. The van der Waals surface area contributed by atoms with Crippen LogP contribution in [0.4, 0.5) is 0 Å². The number of hydrogen-bond donors (Lipinski definition) is 0. The molecule has 0 rings (SSSR count). The van der Waals surface area contributed by atoms with Gasteiger partial charge in [0.1, 0.15) is 0 Å². The van der Waals surface area contributed by atoms with Crippen LogP contribution >= 0.6 is 0 Å². The standard InChI is InChI=1S/C4H7.C2H4O2.Pd/c1-4(2)3;1-2(3)4;/h1-2H2,3H3;1H3,(H,3,4);/q;;+1/p-1. The zero-order chi connectivity index (χ0) is 7.86. The van der Waals surface area contributed by atoms with Crippen LogP contribution in [0.2, 0.25) is 4.89 Å². The van der Waals surface area contributed by atoms with Gasteiger partial charge in [-0.05, 0) is 6.92 Å². The Balaban J connectivity index is 0. The molecule has 0 saturated carbocycles. The zero-order valence-electron chi connectivity index (χ0n) is 5.55. The van der Waals surface area contributed by atoms with Gasteiger partial charge in [0.2, 0.25) is 0 Å². The maximum absolute atomic E-state index is 8.89. The maximum Gasteiger partial charge on any atom is 0.0383 e. The number of carboxylic acids is 1. The van der Waals surface area contributed by atoms with Crippen LogP contribution in [0.5, 0.6) is 0 Å². The molecule has 0 unspecified atom stereocenters. The summed E-state index contributed by atoms with van der Waals surface area (Å²) in [5.74, 6) is -1.08. The quantitative estimate of drug-likeness (QED) is 0.471. The fraction of sp³-hybridized carbons (Fsp3) is 0.500. The topological polar surface area (TPSA) is 40.1 Å². The molecule has 0 fully saturated rings. The minimum Gasteiger partial charge on any atom is -0.550 e. The molecule has 9 heavy (non-hydrogen) atoms. The minimum atomic E-state index is -1.08. The summed E-state index contributed by atoms with van der Waals surface area (Å²) in [5, 5.41) is 8.89. The van der Waals surface area contributed by atoms with Crippen molar-refractivity contribution in [2.24, 2.45) is 0 Å². The van der Waals surface area contributed by atoms with E-state index in [4.69, 9.17) is 9.90 Å². The Hall–Kier alpha value is -0.128. The molecule has 0 amide bonds. The van der Waals surface area contributed by atoms with E-state index in [0.29, 0.717) is 0 Å². The maximum atomic E-state index is 8.89. The van der Waals surface area contributed by atoms with E-state index in [-0.39, 0.29) is 0 Å². The number of aliphatic carboxylic acids is 1. The molecular weight excluding hydrogens is 210 g/mol. The van der Waals surface area contributed by atoms with E-state index in [1.165, 1.54) is 5.57 Å². The van der Waals surface area contributed by atoms with Crippen LogP contribution in [0.15, 0.2) is 12.2 Å². The molecule has 2 nitrogen and oxygen atoms in total. The molecule has 0 aromatic heterocycles. The van der Waals surface area contributed by atoms with Gasteiger partial charge in [0, 0.05) is 5.97 Å². The van der Waals surface area contributed by atoms with Crippen LogP contribution in [0, 0.1) is 0 Å². The smallest absolute Gasteiger partial charge is 0.0383 e. The zero-order valence-corrected chi connectivity index (χ0v) is 7.10. The van der Waals surface area contributed by atoms with Gasteiger partial charge in [0.05, 0.1) is 0 Å². The number of carboxylic acid groups (broad SMARTS) is 1. The SMILES string of the molecule is C=C(C)[CH2][Pd+].CC(=O)[O-]. The van der Waals surface area contributed by atoms with Crippen LogP contribution in [0.3, 0.4) is 0 Å². The fourth-order valence-corrected chi connectivity index (χ4v) is 0. The Labute approximate surface area is 66.4 Å². The van der Waals surface area contributed by atoms with Crippen molar-refractivity contribution in [2.45, 2.75) is 18.7 Å². The van der Waals surface area contributed by atoms with Crippen LogP contribution < -0.4 is 5.11 Å². The monoisotopic (exact) mass is 220 g/mol. The molecule has 0 aliphatic rings. The van der Waals surface area contributed by atoms with E-state index in [0.717, 1.165) is 11.8 Å². The van der Waals surface area contributed by atoms with Crippen LogP contribution in [-0.4, -0.2) is 5.97 Å². The molecule has 0 aromatic carbocycles. The van der Waals surface area contributed by atoms with Crippen molar-refractivity contribution in [3.63, 3.8) is 0 Å². The molecule has 0 bridgehead atoms. The molecular formula is C6H10O2Pd. The first-order valence-corrected chi connectivity index (χ1v) is 3.44. The van der Waals surface area contributed by atoms with Gasteiger partial charge in [-0.1, -0.05) is 0 Å². The number of rotatable bonds is 1. The van der Waals surface area contributed by atoms with E-state index in [2.05, 4.69) is 25.8 Å². The first-order valence-electron chi connectivity index (χ1n) is 2.34. The van der Waals surface area contributed by atoms with E-state index in [1.54, 1.807) is 0 Å². The molecule has 0 aromatic rings. The fourth-order valence-electron chi connectivity index (χ4n) is 0. The summed E-state index contributed by atoms with van der Waals surface area (Å²) in [7, 11) is 0. The van der Waals surface area contributed by atoms with E-state index < -0.39 is 5.97 Å². The van der Waals surface area contributed by atoms with Crippen molar-refractivity contribution in [1.29, 1.82) is 0 Å². The molecule has 0 spiro atoms. The van der Waals surface area contributed by atoms with E-state index in [9.17, 15) is 0 Å². The Morgan fingerprint density at radius 3 is 1.78 bits per heavy atom. The molecule has 0 atom stereocenters. The minimum absolute atomic E-state index is 0.961. The largest absolute Gasteiger partial charge is 0.550 e. The summed E-state index contributed by atoms with van der Waals surface area (Å²) < 4.78 is 0. The number of carbonyl (C=O) groups excluding carboxylic acids is 1. The Morgan fingerprint density at radius 1 is 1.67 bits per heavy atom. The molecule has 3 heteroatoms. The predicted molar refractivity (Wildman–Crippen MR) is 30.3 cm³/mol. The molecule has 0 saturated heterocycles. The van der Waals surface area contributed by atoms with Gasteiger partial charge in [0.15, 0.2) is 0 Å². The first-order chi connectivity index (χ1) is 4.00. The second kappa shape index (κ2) is 7.87. The summed E-state index contributed by atoms with van der Waals surface area (Å²) in [6.45, 7) is 6.60. The Bertz CT molecular complexity index is 95.2. The third-order valence-electron chi connectivity index (χ3n) is 0.191. The van der Waals surface area contributed by atoms with Crippen molar-refractivity contribution in [1.82, 2.24) is 0 Å². The van der Waals surface area contributed by atoms with Crippen molar-refractivity contribution in [3.05, 3.63) is 12.2 Å². The third kappa shape index (κ3) is 77.4. The number of hydrogen-bond acceptors (Lipinski definition) is 2. The van der Waals surface area contributed by atoms with Gasteiger partial charge in [-0.15, -0.1) is 0 Å². The van der Waals surface area contributed by atoms with Crippen molar-refractivity contribution in [2.75, 3.05) is 0 Å². The van der Waals surface area contributed by atoms with Gasteiger partial charge < -0.3 is 9.90 Å². The van der Waals surface area contributed by atoms with Crippen LogP contribution in [-0.2, 0) is 24.0 Å². The van der Waals surface area contributed by atoms with E-state index in [1.807, 2.05) is 6.92 Å². The van der Waals surface area contributed by atoms with Gasteiger partial charge in [-0.25, -0.2) is 0 Å². The van der Waals surface area contributed by atoms with Crippen LogP contribution in [0.1, 0.15) is 13.8 Å². The number of allylic oxidation sites excluding steroid dienone is 1. The van der Waals surface area contributed by atoms with Gasteiger partial charge >= 0.3 is 43.2 Å². The first kappa shape index (κ1) is 11.6. The van der Waals surface area contributed by atoms with Crippen molar-refractivity contribution < 1.29 is 29.1 Å². The Morgan fingerprint density at radius 2 is 1.78 bits per heavy atom. The summed E-state index contributed by atoms with van der Waals surface area (Å²) >= 11 is 2.99. The second-order valence-electron chi connectivity index (χ2n) is 1.56. The van der Waals surface area contributed by atoms with Gasteiger partial charge in [-0.2, -0.15) is 0 Å². The third-order valence-corrected chi connectivity index (χ3v) is 1.13. The molecule has 0 aliphatic heterocycles. The van der Waals surface area contributed by atoms with E-state index >= 15 is 0 Å². The summed E-state index contributed by atoms with van der Waals surface area (Å²) in [5.41, 5.74) is 1.19. The normalized spacial score (nSPS) is 7.11. The van der Waals surface area contributed by atoms with Gasteiger partial charge in [-0.3, -0.25) is 0 Å². The molecule has 0 N–H and O–H groups in total. The summed E-state index contributed by atoms with van der Waals surface area (Å²) in [4.78, 5) is 9.85. The summed E-state index contributed by atoms with van der Waals surface area (Å²) in [6.07, 6.45) is 0. The Kier molecular flexibility index (Phi) is 10.2. The molecule has 0 aliphatic carbocycles.